The van der Waals surface area contributed by atoms with Crippen LogP contribution in [0.4, 0.5) is 5.82 Å². The number of benzene rings is 1. The van der Waals surface area contributed by atoms with Crippen LogP contribution in [0.5, 0.6) is 0 Å². The molecule has 1 aliphatic rings. The Hall–Kier alpha value is -2.04. The van der Waals surface area contributed by atoms with E-state index in [0.717, 1.165) is 46.0 Å². The molecule has 0 unspecified atom stereocenters. The molecule has 0 saturated heterocycles. The zero-order valence-corrected chi connectivity index (χ0v) is 14.3. The first-order chi connectivity index (χ1) is 11.0. The first-order valence-electron chi connectivity index (χ1n) is 7.20. The Bertz CT molecular complexity index is 974. The average Bonchev–Trinajstić information content (AvgIpc) is 2.85. The van der Waals surface area contributed by atoms with Crippen LogP contribution in [0.2, 0.25) is 10.0 Å². The van der Waals surface area contributed by atoms with E-state index < -0.39 is 0 Å². The summed E-state index contributed by atoms with van der Waals surface area (Å²) in [6.45, 7) is 6.83. The van der Waals surface area contributed by atoms with E-state index in [1.54, 1.807) is 6.07 Å². The van der Waals surface area contributed by atoms with Gasteiger partial charge in [-0.1, -0.05) is 29.8 Å². The van der Waals surface area contributed by atoms with Crippen molar-refractivity contribution in [2.45, 2.75) is 6.92 Å². The van der Waals surface area contributed by atoms with Crippen molar-refractivity contribution in [3.63, 3.8) is 0 Å². The number of aromatic nitrogens is 3. The molecule has 0 radical (unpaired) electrons. The van der Waals surface area contributed by atoms with Gasteiger partial charge < -0.3 is 4.90 Å². The predicted octanol–water partition coefficient (Wildman–Crippen LogP) is 4.50. The second-order valence-corrected chi connectivity index (χ2v) is 6.60. The predicted molar refractivity (Wildman–Crippen MR) is 95.9 cm³/mol. The van der Waals surface area contributed by atoms with Crippen LogP contribution in [0.25, 0.3) is 22.3 Å². The standard InChI is InChI=1S/C17H14Cl2N4/c1-9-7-22(3)16-15-12(9)8-23(17(15)21-10(2)20-16)14-5-4-11(18)6-13(14)19/h4-6,8H,1,7H2,2-3H3. The van der Waals surface area contributed by atoms with Gasteiger partial charge in [0, 0.05) is 30.4 Å². The van der Waals surface area contributed by atoms with Gasteiger partial charge in [0.2, 0.25) is 0 Å². The van der Waals surface area contributed by atoms with Gasteiger partial charge in [-0.05, 0) is 30.7 Å². The molecule has 1 aliphatic heterocycles. The van der Waals surface area contributed by atoms with Gasteiger partial charge in [-0.15, -0.1) is 0 Å². The highest BCUT2D eigenvalue weighted by Crippen LogP contribution is 2.39. The van der Waals surface area contributed by atoms with Gasteiger partial charge in [0.25, 0.3) is 0 Å². The molecule has 2 aromatic heterocycles. The van der Waals surface area contributed by atoms with Crippen LogP contribution >= 0.6 is 23.2 Å². The molecule has 23 heavy (non-hydrogen) atoms. The monoisotopic (exact) mass is 344 g/mol. The first-order valence-corrected chi connectivity index (χ1v) is 7.95. The molecule has 3 heterocycles. The maximum atomic E-state index is 6.40. The molecular weight excluding hydrogens is 331 g/mol. The maximum absolute atomic E-state index is 6.40. The molecule has 3 aromatic rings. The molecule has 0 atom stereocenters. The van der Waals surface area contributed by atoms with Crippen molar-refractivity contribution in [3.8, 4) is 5.69 Å². The summed E-state index contributed by atoms with van der Waals surface area (Å²) >= 11 is 12.4. The molecule has 0 spiro atoms. The normalized spacial score (nSPS) is 13.9. The Morgan fingerprint density at radius 1 is 1.22 bits per heavy atom. The van der Waals surface area contributed by atoms with Crippen LogP contribution in [-0.4, -0.2) is 28.1 Å². The van der Waals surface area contributed by atoms with Crippen LogP contribution < -0.4 is 4.90 Å². The molecule has 0 aliphatic carbocycles. The molecule has 0 amide bonds. The van der Waals surface area contributed by atoms with Crippen molar-refractivity contribution < 1.29 is 0 Å². The molecule has 0 N–H and O–H groups in total. The first kappa shape index (κ1) is 14.5. The number of anilines is 1. The van der Waals surface area contributed by atoms with Gasteiger partial charge in [-0.25, -0.2) is 9.97 Å². The quantitative estimate of drug-likeness (QED) is 0.651. The third kappa shape index (κ3) is 2.13. The fourth-order valence-electron chi connectivity index (χ4n) is 3.06. The zero-order valence-electron chi connectivity index (χ0n) is 12.8. The lowest BCUT2D eigenvalue weighted by Crippen LogP contribution is -2.24. The summed E-state index contributed by atoms with van der Waals surface area (Å²) in [5.41, 5.74) is 3.79. The summed E-state index contributed by atoms with van der Waals surface area (Å²) in [6, 6.07) is 5.46. The molecule has 0 saturated carbocycles. The van der Waals surface area contributed by atoms with Gasteiger partial charge in [0.1, 0.15) is 11.6 Å². The highest BCUT2D eigenvalue weighted by molar-refractivity contribution is 6.35. The average molecular weight is 345 g/mol. The third-order valence-electron chi connectivity index (χ3n) is 4.08. The topological polar surface area (TPSA) is 34.0 Å². The molecule has 116 valence electrons. The molecule has 1 aromatic carbocycles. The molecule has 4 nitrogen and oxygen atoms in total. The van der Waals surface area contributed by atoms with Gasteiger partial charge in [0.15, 0.2) is 5.65 Å². The van der Waals surface area contributed by atoms with Crippen molar-refractivity contribution in [2.24, 2.45) is 0 Å². The van der Waals surface area contributed by atoms with Gasteiger partial charge in [-0.3, -0.25) is 4.57 Å². The lowest BCUT2D eigenvalue weighted by atomic mass is 10.0. The zero-order chi connectivity index (χ0) is 16.3. The molecule has 4 rings (SSSR count). The van der Waals surface area contributed by atoms with Crippen LogP contribution in [0, 0.1) is 6.92 Å². The number of rotatable bonds is 1. The van der Waals surface area contributed by atoms with Crippen molar-refractivity contribution in [1.82, 2.24) is 14.5 Å². The van der Waals surface area contributed by atoms with E-state index in [2.05, 4.69) is 21.4 Å². The van der Waals surface area contributed by atoms with Crippen molar-refractivity contribution >= 4 is 45.6 Å². The summed E-state index contributed by atoms with van der Waals surface area (Å²) < 4.78 is 1.99. The fraction of sp³-hybridized carbons (Fsp3) is 0.176. The maximum Gasteiger partial charge on any atom is 0.151 e. The van der Waals surface area contributed by atoms with Crippen LogP contribution in [0.1, 0.15) is 11.4 Å². The minimum absolute atomic E-state index is 0.581. The highest BCUT2D eigenvalue weighted by atomic mass is 35.5. The minimum atomic E-state index is 0.581. The SMILES string of the molecule is C=C1CN(C)c2nc(C)nc3c2c1cn3-c1ccc(Cl)cc1Cl. The fourth-order valence-corrected chi connectivity index (χ4v) is 3.56. The van der Waals surface area contributed by atoms with Crippen LogP contribution in [-0.2, 0) is 0 Å². The Labute approximate surface area is 144 Å². The lowest BCUT2D eigenvalue weighted by Gasteiger charge is -2.25. The van der Waals surface area contributed by atoms with E-state index in [1.165, 1.54) is 0 Å². The van der Waals surface area contributed by atoms with Crippen molar-refractivity contribution in [3.05, 3.63) is 52.4 Å². The number of hydrogen-bond donors (Lipinski definition) is 0. The Morgan fingerprint density at radius 2 is 2.00 bits per heavy atom. The summed E-state index contributed by atoms with van der Waals surface area (Å²) in [4.78, 5) is 11.3. The van der Waals surface area contributed by atoms with Gasteiger partial charge >= 0.3 is 0 Å². The van der Waals surface area contributed by atoms with E-state index in [9.17, 15) is 0 Å². The van der Waals surface area contributed by atoms with E-state index in [4.69, 9.17) is 23.2 Å². The van der Waals surface area contributed by atoms with Crippen LogP contribution in [0.15, 0.2) is 31.0 Å². The van der Waals surface area contributed by atoms with E-state index >= 15 is 0 Å². The Balaban J connectivity index is 2.10. The summed E-state index contributed by atoms with van der Waals surface area (Å²) in [5.74, 6) is 1.65. The number of nitrogens with zero attached hydrogens (tertiary/aromatic N) is 4. The lowest BCUT2D eigenvalue weighted by molar-refractivity contribution is 0.961. The number of likely N-dealkylation sites (N-methyl/N-ethyl adjacent to an activating group) is 1. The smallest absolute Gasteiger partial charge is 0.151 e. The summed E-state index contributed by atoms with van der Waals surface area (Å²) in [7, 11) is 2.02. The molecular formula is C17H14Cl2N4. The Morgan fingerprint density at radius 3 is 2.74 bits per heavy atom. The molecule has 0 fully saturated rings. The number of halogens is 2. The van der Waals surface area contributed by atoms with Crippen LogP contribution in [0.3, 0.4) is 0 Å². The second-order valence-electron chi connectivity index (χ2n) is 5.76. The van der Waals surface area contributed by atoms with E-state index in [1.807, 2.05) is 36.9 Å². The van der Waals surface area contributed by atoms with Crippen molar-refractivity contribution in [1.29, 1.82) is 0 Å². The largest absolute Gasteiger partial charge is 0.355 e. The number of hydrogen-bond acceptors (Lipinski definition) is 3. The molecule has 6 heteroatoms. The van der Waals surface area contributed by atoms with E-state index in [0.29, 0.717) is 10.0 Å². The minimum Gasteiger partial charge on any atom is -0.355 e. The van der Waals surface area contributed by atoms with Crippen molar-refractivity contribution in [2.75, 3.05) is 18.5 Å². The van der Waals surface area contributed by atoms with Gasteiger partial charge in [0.05, 0.1) is 16.1 Å². The molecule has 0 bridgehead atoms. The summed E-state index contributed by atoms with van der Waals surface area (Å²) in [6.07, 6.45) is 2.03. The highest BCUT2D eigenvalue weighted by Gasteiger charge is 2.25. The van der Waals surface area contributed by atoms with Gasteiger partial charge in [-0.2, -0.15) is 0 Å². The Kier molecular flexibility index (Phi) is 3.15. The second kappa shape index (κ2) is 4.98. The van der Waals surface area contributed by atoms with E-state index in [-0.39, 0.29) is 0 Å². The third-order valence-corrected chi connectivity index (χ3v) is 4.62. The number of aryl methyl sites for hydroxylation is 1. The summed E-state index contributed by atoms with van der Waals surface area (Å²) in [5, 5.41) is 2.20.